The molecular weight excluding hydrogens is 247 g/mol. The SMILES string of the molecule is CC(O)c1ccc(OCC2CCC(C)(C)O2)c(F)c1. The molecule has 1 N–H and O–H groups in total. The number of rotatable bonds is 4. The number of hydrogen-bond donors (Lipinski definition) is 1. The van der Waals surface area contributed by atoms with Crippen LogP contribution in [0.3, 0.4) is 0 Å². The first kappa shape index (κ1) is 14.3. The van der Waals surface area contributed by atoms with Gasteiger partial charge in [-0.15, -0.1) is 0 Å². The second kappa shape index (κ2) is 5.47. The van der Waals surface area contributed by atoms with E-state index in [0.29, 0.717) is 12.2 Å². The maximum atomic E-state index is 13.8. The highest BCUT2D eigenvalue weighted by atomic mass is 19.1. The van der Waals surface area contributed by atoms with Gasteiger partial charge in [0.25, 0.3) is 0 Å². The van der Waals surface area contributed by atoms with Gasteiger partial charge >= 0.3 is 0 Å². The van der Waals surface area contributed by atoms with Gasteiger partial charge in [0.1, 0.15) is 6.61 Å². The Labute approximate surface area is 113 Å². The summed E-state index contributed by atoms with van der Waals surface area (Å²) in [6, 6.07) is 4.53. The van der Waals surface area contributed by atoms with E-state index < -0.39 is 11.9 Å². The maximum absolute atomic E-state index is 13.8. The standard InChI is InChI=1S/C15H21FO3/c1-10(17)11-4-5-14(13(16)8-11)18-9-12-6-7-15(2,3)19-12/h4-5,8,10,12,17H,6-7,9H2,1-3H3. The molecule has 106 valence electrons. The zero-order valence-corrected chi connectivity index (χ0v) is 11.6. The molecule has 0 saturated carbocycles. The Morgan fingerprint density at radius 2 is 2.26 bits per heavy atom. The van der Waals surface area contributed by atoms with Gasteiger partial charge in [-0.05, 0) is 51.3 Å². The highest BCUT2D eigenvalue weighted by Gasteiger charge is 2.32. The van der Waals surface area contributed by atoms with Crippen LogP contribution in [0.2, 0.25) is 0 Å². The van der Waals surface area contributed by atoms with E-state index in [2.05, 4.69) is 0 Å². The second-order valence-electron chi connectivity index (χ2n) is 5.72. The van der Waals surface area contributed by atoms with Gasteiger partial charge in [-0.1, -0.05) is 6.07 Å². The average molecular weight is 268 g/mol. The van der Waals surface area contributed by atoms with Crippen LogP contribution in [0.25, 0.3) is 0 Å². The summed E-state index contributed by atoms with van der Waals surface area (Å²) in [6.45, 7) is 6.05. The normalized spacial score (nSPS) is 23.3. The third kappa shape index (κ3) is 3.67. The maximum Gasteiger partial charge on any atom is 0.165 e. The first-order chi connectivity index (χ1) is 8.87. The first-order valence-electron chi connectivity index (χ1n) is 6.65. The fourth-order valence-electron chi connectivity index (χ4n) is 2.27. The summed E-state index contributed by atoms with van der Waals surface area (Å²) < 4.78 is 25.0. The van der Waals surface area contributed by atoms with Crippen molar-refractivity contribution in [3.05, 3.63) is 29.6 Å². The fourth-order valence-corrected chi connectivity index (χ4v) is 2.27. The van der Waals surface area contributed by atoms with Crippen LogP contribution < -0.4 is 4.74 Å². The van der Waals surface area contributed by atoms with Crippen LogP contribution in [0.4, 0.5) is 4.39 Å². The summed E-state index contributed by atoms with van der Waals surface area (Å²) in [5.41, 5.74) is 0.436. The average Bonchev–Trinajstić information content (AvgIpc) is 2.67. The number of halogens is 1. The summed E-state index contributed by atoms with van der Waals surface area (Å²) in [5.74, 6) is -0.242. The van der Waals surface area contributed by atoms with E-state index >= 15 is 0 Å². The lowest BCUT2D eigenvalue weighted by Gasteiger charge is -2.19. The summed E-state index contributed by atoms with van der Waals surface area (Å²) in [6.07, 6.45) is 1.26. The van der Waals surface area contributed by atoms with Gasteiger partial charge in [-0.3, -0.25) is 0 Å². The van der Waals surface area contributed by atoms with E-state index in [1.165, 1.54) is 6.07 Å². The van der Waals surface area contributed by atoms with Crippen LogP contribution in [-0.4, -0.2) is 23.4 Å². The Bertz CT molecular complexity index is 443. The summed E-state index contributed by atoms with van der Waals surface area (Å²) in [5, 5.41) is 9.37. The predicted octanol–water partition coefficient (Wildman–Crippen LogP) is 3.22. The molecule has 1 fully saturated rings. The monoisotopic (exact) mass is 268 g/mol. The second-order valence-corrected chi connectivity index (χ2v) is 5.72. The molecule has 0 spiro atoms. The van der Waals surface area contributed by atoms with Gasteiger partial charge in [0.05, 0.1) is 17.8 Å². The quantitative estimate of drug-likeness (QED) is 0.911. The lowest BCUT2D eigenvalue weighted by Crippen LogP contribution is -2.24. The van der Waals surface area contributed by atoms with Crippen LogP contribution >= 0.6 is 0 Å². The van der Waals surface area contributed by atoms with Gasteiger partial charge in [-0.25, -0.2) is 4.39 Å². The summed E-state index contributed by atoms with van der Waals surface area (Å²) >= 11 is 0. The van der Waals surface area contributed by atoms with Gasteiger partial charge in [0, 0.05) is 0 Å². The molecular formula is C15H21FO3. The van der Waals surface area contributed by atoms with Crippen molar-refractivity contribution >= 4 is 0 Å². The van der Waals surface area contributed by atoms with Crippen molar-refractivity contribution in [2.24, 2.45) is 0 Å². The molecule has 3 nitrogen and oxygen atoms in total. The minimum Gasteiger partial charge on any atom is -0.488 e. The van der Waals surface area contributed by atoms with E-state index in [1.807, 2.05) is 13.8 Å². The lowest BCUT2D eigenvalue weighted by molar-refractivity contribution is -0.0330. The van der Waals surface area contributed by atoms with Crippen LogP contribution in [0.1, 0.15) is 45.3 Å². The molecule has 2 atom stereocenters. The molecule has 0 amide bonds. The minimum absolute atomic E-state index is 0.0193. The molecule has 2 rings (SSSR count). The molecule has 1 aromatic rings. The van der Waals surface area contributed by atoms with Crippen LogP contribution in [0.5, 0.6) is 5.75 Å². The van der Waals surface area contributed by atoms with Gasteiger partial charge in [0.15, 0.2) is 11.6 Å². The van der Waals surface area contributed by atoms with E-state index in [-0.39, 0.29) is 17.5 Å². The zero-order chi connectivity index (χ0) is 14.0. The van der Waals surface area contributed by atoms with Crippen molar-refractivity contribution in [3.8, 4) is 5.75 Å². The van der Waals surface area contributed by atoms with Gasteiger partial charge < -0.3 is 14.6 Å². The number of aliphatic hydroxyl groups excluding tert-OH is 1. The Balaban J connectivity index is 1.93. The van der Waals surface area contributed by atoms with Crippen molar-refractivity contribution in [3.63, 3.8) is 0 Å². The van der Waals surface area contributed by atoms with Crippen molar-refractivity contribution < 1.29 is 19.0 Å². The molecule has 2 unspecified atom stereocenters. The molecule has 19 heavy (non-hydrogen) atoms. The Kier molecular flexibility index (Phi) is 4.11. The number of benzene rings is 1. The number of ether oxygens (including phenoxy) is 2. The molecule has 1 aromatic carbocycles. The lowest BCUT2D eigenvalue weighted by atomic mass is 10.1. The number of aliphatic hydroxyl groups is 1. The highest BCUT2D eigenvalue weighted by molar-refractivity contribution is 5.30. The van der Waals surface area contributed by atoms with Crippen molar-refractivity contribution in [1.82, 2.24) is 0 Å². The molecule has 1 heterocycles. The van der Waals surface area contributed by atoms with Crippen molar-refractivity contribution in [2.45, 2.75) is 51.4 Å². The van der Waals surface area contributed by atoms with E-state index in [0.717, 1.165) is 12.8 Å². The molecule has 1 aliphatic heterocycles. The molecule has 0 bridgehead atoms. The Morgan fingerprint density at radius 1 is 1.53 bits per heavy atom. The Morgan fingerprint density at radius 3 is 2.79 bits per heavy atom. The van der Waals surface area contributed by atoms with Crippen molar-refractivity contribution in [1.29, 1.82) is 0 Å². The van der Waals surface area contributed by atoms with E-state index in [1.54, 1.807) is 19.1 Å². The fraction of sp³-hybridized carbons (Fsp3) is 0.600. The molecule has 0 aromatic heterocycles. The Hall–Kier alpha value is -1.13. The van der Waals surface area contributed by atoms with Gasteiger partial charge in [-0.2, -0.15) is 0 Å². The van der Waals surface area contributed by atoms with Crippen LogP contribution in [-0.2, 0) is 4.74 Å². The van der Waals surface area contributed by atoms with E-state index in [9.17, 15) is 9.50 Å². The van der Waals surface area contributed by atoms with Crippen LogP contribution in [0.15, 0.2) is 18.2 Å². The smallest absolute Gasteiger partial charge is 0.165 e. The highest BCUT2D eigenvalue weighted by Crippen LogP contribution is 2.30. The minimum atomic E-state index is -0.678. The topological polar surface area (TPSA) is 38.7 Å². The molecule has 4 heteroatoms. The zero-order valence-electron chi connectivity index (χ0n) is 11.6. The predicted molar refractivity (Wildman–Crippen MR) is 70.7 cm³/mol. The first-order valence-corrected chi connectivity index (χ1v) is 6.65. The van der Waals surface area contributed by atoms with Crippen molar-refractivity contribution in [2.75, 3.05) is 6.61 Å². The molecule has 0 radical (unpaired) electrons. The van der Waals surface area contributed by atoms with Crippen LogP contribution in [0, 0.1) is 5.82 Å². The summed E-state index contributed by atoms with van der Waals surface area (Å²) in [4.78, 5) is 0. The summed E-state index contributed by atoms with van der Waals surface area (Å²) in [7, 11) is 0. The molecule has 1 aliphatic rings. The molecule has 0 aliphatic carbocycles. The van der Waals surface area contributed by atoms with E-state index in [4.69, 9.17) is 9.47 Å². The number of hydrogen-bond acceptors (Lipinski definition) is 3. The largest absolute Gasteiger partial charge is 0.488 e. The third-order valence-electron chi connectivity index (χ3n) is 3.42. The van der Waals surface area contributed by atoms with Gasteiger partial charge in [0.2, 0.25) is 0 Å². The third-order valence-corrected chi connectivity index (χ3v) is 3.42. The molecule has 1 saturated heterocycles.